The molecule has 1 aliphatic carbocycles. The quantitative estimate of drug-likeness (QED) is 0.887. The van der Waals surface area contributed by atoms with E-state index in [1.807, 2.05) is 18.2 Å². The molecule has 112 valence electrons. The Balaban J connectivity index is 1.99. The van der Waals surface area contributed by atoms with Gasteiger partial charge in [-0.15, -0.1) is 0 Å². The van der Waals surface area contributed by atoms with Crippen molar-refractivity contribution in [3.05, 3.63) is 28.2 Å². The molecular formula is C15H20BrF2NO. The highest BCUT2D eigenvalue weighted by Crippen LogP contribution is 2.38. The van der Waals surface area contributed by atoms with Crippen molar-refractivity contribution < 1.29 is 13.5 Å². The van der Waals surface area contributed by atoms with E-state index in [0.717, 1.165) is 15.8 Å². The molecule has 1 atom stereocenters. The van der Waals surface area contributed by atoms with Crippen LogP contribution in [0.3, 0.4) is 0 Å². The Kier molecular flexibility index (Phi) is 5.02. The van der Waals surface area contributed by atoms with Crippen LogP contribution in [0.2, 0.25) is 0 Å². The standard InChI is InChI=1S/C15H20BrF2NO/c1-20-12-2-3-13(16)11(8-12)9-14(19)10-4-6-15(17,18)7-5-10/h2-3,8,10,14H,4-7,9,19H2,1H3. The maximum Gasteiger partial charge on any atom is 0.248 e. The summed E-state index contributed by atoms with van der Waals surface area (Å²) in [7, 11) is 1.62. The molecule has 5 heteroatoms. The van der Waals surface area contributed by atoms with Gasteiger partial charge in [0, 0.05) is 23.4 Å². The number of ether oxygens (including phenoxy) is 1. The van der Waals surface area contributed by atoms with E-state index in [-0.39, 0.29) is 24.8 Å². The summed E-state index contributed by atoms with van der Waals surface area (Å²) in [6.07, 6.45) is 1.62. The molecule has 0 aromatic heterocycles. The second kappa shape index (κ2) is 6.39. The first-order valence-corrected chi connectivity index (χ1v) is 7.66. The van der Waals surface area contributed by atoms with E-state index in [0.29, 0.717) is 19.3 Å². The number of nitrogens with two attached hydrogens (primary N) is 1. The van der Waals surface area contributed by atoms with E-state index in [4.69, 9.17) is 10.5 Å². The van der Waals surface area contributed by atoms with Gasteiger partial charge in [0.1, 0.15) is 5.75 Å². The maximum atomic E-state index is 13.2. The van der Waals surface area contributed by atoms with Crippen LogP contribution < -0.4 is 10.5 Å². The van der Waals surface area contributed by atoms with E-state index < -0.39 is 5.92 Å². The molecule has 0 aliphatic heterocycles. The molecular weight excluding hydrogens is 328 g/mol. The van der Waals surface area contributed by atoms with Crippen molar-refractivity contribution in [1.82, 2.24) is 0 Å². The Morgan fingerprint density at radius 2 is 2.05 bits per heavy atom. The molecule has 1 fully saturated rings. The largest absolute Gasteiger partial charge is 0.497 e. The summed E-state index contributed by atoms with van der Waals surface area (Å²) in [5.41, 5.74) is 7.29. The zero-order valence-corrected chi connectivity index (χ0v) is 13.1. The fourth-order valence-corrected chi connectivity index (χ4v) is 3.15. The molecule has 20 heavy (non-hydrogen) atoms. The third-order valence-electron chi connectivity index (χ3n) is 4.08. The molecule has 1 aromatic carbocycles. The fourth-order valence-electron chi connectivity index (χ4n) is 2.75. The van der Waals surface area contributed by atoms with Gasteiger partial charge in [0.2, 0.25) is 5.92 Å². The third kappa shape index (κ3) is 3.92. The van der Waals surface area contributed by atoms with E-state index >= 15 is 0 Å². The zero-order chi connectivity index (χ0) is 14.8. The second-order valence-electron chi connectivity index (χ2n) is 5.52. The molecule has 0 heterocycles. The summed E-state index contributed by atoms with van der Waals surface area (Å²) in [4.78, 5) is 0. The molecule has 2 rings (SSSR count). The van der Waals surface area contributed by atoms with Gasteiger partial charge < -0.3 is 10.5 Å². The number of methoxy groups -OCH3 is 1. The molecule has 2 N–H and O–H groups in total. The predicted octanol–water partition coefficient (Wildman–Crippen LogP) is 4.15. The first kappa shape index (κ1) is 15.7. The summed E-state index contributed by atoms with van der Waals surface area (Å²) in [5.74, 6) is -1.54. The molecule has 0 amide bonds. The number of halogens is 3. The molecule has 1 aromatic rings. The second-order valence-corrected chi connectivity index (χ2v) is 6.37. The van der Waals surface area contributed by atoms with E-state index in [9.17, 15) is 8.78 Å². The number of hydrogen-bond acceptors (Lipinski definition) is 2. The summed E-state index contributed by atoms with van der Waals surface area (Å²) in [6.45, 7) is 0. The van der Waals surface area contributed by atoms with Crippen molar-refractivity contribution in [2.75, 3.05) is 7.11 Å². The van der Waals surface area contributed by atoms with Gasteiger partial charge in [-0.25, -0.2) is 8.78 Å². The Labute approximate surface area is 126 Å². The molecule has 0 spiro atoms. The smallest absolute Gasteiger partial charge is 0.248 e. The maximum absolute atomic E-state index is 13.2. The van der Waals surface area contributed by atoms with Gasteiger partial charge in [0.25, 0.3) is 0 Å². The molecule has 1 unspecified atom stereocenters. The van der Waals surface area contributed by atoms with Crippen molar-refractivity contribution in [1.29, 1.82) is 0 Å². The Morgan fingerprint density at radius 1 is 1.40 bits per heavy atom. The highest BCUT2D eigenvalue weighted by atomic mass is 79.9. The van der Waals surface area contributed by atoms with Crippen LogP contribution in [-0.4, -0.2) is 19.1 Å². The van der Waals surface area contributed by atoms with Crippen LogP contribution in [-0.2, 0) is 6.42 Å². The van der Waals surface area contributed by atoms with Crippen molar-refractivity contribution in [3.63, 3.8) is 0 Å². The van der Waals surface area contributed by atoms with Gasteiger partial charge >= 0.3 is 0 Å². The van der Waals surface area contributed by atoms with Crippen LogP contribution in [0.4, 0.5) is 8.78 Å². The first-order chi connectivity index (χ1) is 9.41. The summed E-state index contributed by atoms with van der Waals surface area (Å²) < 4.78 is 32.5. The lowest BCUT2D eigenvalue weighted by atomic mass is 9.80. The molecule has 2 nitrogen and oxygen atoms in total. The van der Waals surface area contributed by atoms with Crippen molar-refractivity contribution in [2.24, 2.45) is 11.7 Å². The number of alkyl halides is 2. The van der Waals surface area contributed by atoms with E-state index in [1.165, 1.54) is 0 Å². The molecule has 0 radical (unpaired) electrons. The normalized spacial score (nSPS) is 20.6. The lowest BCUT2D eigenvalue weighted by Gasteiger charge is -2.32. The highest BCUT2D eigenvalue weighted by molar-refractivity contribution is 9.10. The molecule has 1 aliphatic rings. The van der Waals surface area contributed by atoms with Crippen LogP contribution in [0.5, 0.6) is 5.75 Å². The summed E-state index contributed by atoms with van der Waals surface area (Å²) >= 11 is 3.50. The fraction of sp³-hybridized carbons (Fsp3) is 0.600. The number of rotatable bonds is 4. The van der Waals surface area contributed by atoms with Gasteiger partial charge in [-0.05, 0) is 48.9 Å². The van der Waals surface area contributed by atoms with Crippen molar-refractivity contribution >= 4 is 15.9 Å². The average Bonchev–Trinajstić information content (AvgIpc) is 2.41. The average molecular weight is 348 g/mol. The minimum absolute atomic E-state index is 0.0371. The van der Waals surface area contributed by atoms with Crippen LogP contribution in [0.25, 0.3) is 0 Å². The van der Waals surface area contributed by atoms with Gasteiger partial charge in [-0.3, -0.25) is 0 Å². The van der Waals surface area contributed by atoms with Gasteiger partial charge in [-0.1, -0.05) is 15.9 Å². The Morgan fingerprint density at radius 3 is 2.65 bits per heavy atom. The van der Waals surface area contributed by atoms with E-state index in [2.05, 4.69) is 15.9 Å². The first-order valence-electron chi connectivity index (χ1n) is 6.87. The van der Waals surface area contributed by atoms with Crippen LogP contribution in [0.1, 0.15) is 31.2 Å². The lowest BCUT2D eigenvalue weighted by Crippen LogP contribution is -2.37. The molecule has 1 saturated carbocycles. The van der Waals surface area contributed by atoms with Gasteiger partial charge in [0.15, 0.2) is 0 Å². The van der Waals surface area contributed by atoms with Crippen LogP contribution >= 0.6 is 15.9 Å². The molecule has 0 bridgehead atoms. The summed E-state index contributed by atoms with van der Waals surface area (Å²) in [6, 6.07) is 5.66. The number of hydrogen-bond donors (Lipinski definition) is 1. The van der Waals surface area contributed by atoms with E-state index in [1.54, 1.807) is 7.11 Å². The minimum Gasteiger partial charge on any atom is -0.497 e. The van der Waals surface area contributed by atoms with Gasteiger partial charge in [0.05, 0.1) is 7.11 Å². The number of benzene rings is 1. The summed E-state index contributed by atoms with van der Waals surface area (Å²) in [5, 5.41) is 0. The van der Waals surface area contributed by atoms with Gasteiger partial charge in [-0.2, -0.15) is 0 Å². The predicted molar refractivity (Wildman–Crippen MR) is 79.3 cm³/mol. The monoisotopic (exact) mass is 347 g/mol. The highest BCUT2D eigenvalue weighted by Gasteiger charge is 2.36. The minimum atomic E-state index is -2.49. The van der Waals surface area contributed by atoms with Crippen molar-refractivity contribution in [2.45, 2.75) is 44.1 Å². The molecule has 0 saturated heterocycles. The zero-order valence-electron chi connectivity index (χ0n) is 11.5. The van der Waals surface area contributed by atoms with Crippen LogP contribution in [0, 0.1) is 5.92 Å². The Hall–Kier alpha value is -0.680. The SMILES string of the molecule is COc1ccc(Br)c(CC(N)C2CCC(F)(F)CC2)c1. The topological polar surface area (TPSA) is 35.2 Å². The lowest BCUT2D eigenvalue weighted by molar-refractivity contribution is -0.0481. The Bertz CT molecular complexity index is 457. The third-order valence-corrected chi connectivity index (χ3v) is 4.85. The van der Waals surface area contributed by atoms with Crippen molar-refractivity contribution in [3.8, 4) is 5.75 Å². The van der Waals surface area contributed by atoms with Crippen LogP contribution in [0.15, 0.2) is 22.7 Å².